The largest absolute Gasteiger partial charge is 0.326 e. The maximum atomic E-state index is 11.4. The topological polar surface area (TPSA) is 41.1 Å². The third-order valence-electron chi connectivity index (χ3n) is 4.36. The van der Waals surface area contributed by atoms with Crippen LogP contribution in [0.15, 0.2) is 18.2 Å². The molecule has 1 aliphatic carbocycles. The molecule has 1 heterocycles. The van der Waals surface area contributed by atoms with Crippen molar-refractivity contribution >= 4 is 11.6 Å². The highest BCUT2D eigenvalue weighted by molar-refractivity contribution is 5.99. The number of carbonyl (C=O) groups excluding carboxylic acids is 1. The van der Waals surface area contributed by atoms with Crippen molar-refractivity contribution in [1.29, 1.82) is 0 Å². The van der Waals surface area contributed by atoms with Crippen LogP contribution in [-0.4, -0.2) is 19.0 Å². The summed E-state index contributed by atoms with van der Waals surface area (Å²) in [6.45, 7) is 0. The van der Waals surface area contributed by atoms with Gasteiger partial charge in [0.15, 0.2) is 0 Å². The van der Waals surface area contributed by atoms with Crippen LogP contribution in [0.5, 0.6) is 0 Å². The molecule has 0 aromatic heterocycles. The quantitative estimate of drug-likeness (QED) is 0.839. The summed E-state index contributed by atoms with van der Waals surface area (Å²) in [5, 5.41) is 6.26. The second-order valence-electron chi connectivity index (χ2n) is 5.48. The highest BCUT2D eigenvalue weighted by Gasteiger charge is 2.23. The maximum absolute atomic E-state index is 11.4. The predicted molar refractivity (Wildman–Crippen MR) is 72.8 cm³/mol. The van der Waals surface area contributed by atoms with Crippen LogP contribution in [0.4, 0.5) is 5.69 Å². The van der Waals surface area contributed by atoms with E-state index in [9.17, 15) is 4.79 Å². The Morgan fingerprint density at radius 2 is 2.00 bits per heavy atom. The lowest BCUT2D eigenvalue weighted by molar-refractivity contribution is -0.115. The van der Waals surface area contributed by atoms with Crippen LogP contribution in [-0.2, 0) is 11.2 Å². The fourth-order valence-corrected chi connectivity index (χ4v) is 3.22. The van der Waals surface area contributed by atoms with Crippen LogP contribution in [0.1, 0.15) is 42.7 Å². The Balaban J connectivity index is 1.74. The standard InChI is InChI=1S/C15H20N2O/c1-16-13-5-2-10(3-6-13)11-4-7-14-12(8-11)9-15(18)17-14/h4,7-8,10,13,16H,2-3,5-6,9H2,1H3,(H,17,18). The van der Waals surface area contributed by atoms with E-state index in [0.717, 1.165) is 5.69 Å². The Bertz CT molecular complexity index is 462. The van der Waals surface area contributed by atoms with Gasteiger partial charge in [-0.05, 0) is 55.8 Å². The van der Waals surface area contributed by atoms with Crippen molar-refractivity contribution in [3.8, 4) is 0 Å². The van der Waals surface area contributed by atoms with Crippen LogP contribution in [0.25, 0.3) is 0 Å². The van der Waals surface area contributed by atoms with Crippen molar-refractivity contribution in [3.05, 3.63) is 29.3 Å². The van der Waals surface area contributed by atoms with Crippen LogP contribution >= 0.6 is 0 Å². The minimum Gasteiger partial charge on any atom is -0.326 e. The molecular weight excluding hydrogens is 224 g/mol. The summed E-state index contributed by atoms with van der Waals surface area (Å²) >= 11 is 0. The van der Waals surface area contributed by atoms with E-state index in [1.54, 1.807) is 0 Å². The first-order chi connectivity index (χ1) is 8.76. The number of hydrogen-bond donors (Lipinski definition) is 2. The van der Waals surface area contributed by atoms with Crippen LogP contribution < -0.4 is 10.6 Å². The number of hydrogen-bond acceptors (Lipinski definition) is 2. The SMILES string of the molecule is CNC1CCC(c2ccc3c(c2)CC(=O)N3)CC1. The lowest BCUT2D eigenvalue weighted by Crippen LogP contribution is -2.29. The normalized spacial score (nSPS) is 26.8. The number of benzene rings is 1. The van der Waals surface area contributed by atoms with Gasteiger partial charge in [0.25, 0.3) is 0 Å². The Morgan fingerprint density at radius 1 is 1.22 bits per heavy atom. The monoisotopic (exact) mass is 244 g/mol. The van der Waals surface area contributed by atoms with E-state index >= 15 is 0 Å². The Kier molecular flexibility index (Phi) is 3.08. The van der Waals surface area contributed by atoms with Crippen molar-refractivity contribution in [1.82, 2.24) is 5.32 Å². The molecule has 0 saturated heterocycles. The first-order valence-electron chi connectivity index (χ1n) is 6.86. The lowest BCUT2D eigenvalue weighted by Gasteiger charge is -2.28. The van der Waals surface area contributed by atoms with E-state index in [1.807, 2.05) is 0 Å². The molecule has 3 heteroatoms. The smallest absolute Gasteiger partial charge is 0.228 e. The molecular formula is C15H20N2O. The first-order valence-corrected chi connectivity index (χ1v) is 6.86. The van der Waals surface area contributed by atoms with Gasteiger partial charge in [0, 0.05) is 11.7 Å². The number of amides is 1. The summed E-state index contributed by atoms with van der Waals surface area (Å²) in [7, 11) is 2.05. The van der Waals surface area contributed by atoms with Crippen LogP contribution in [0.2, 0.25) is 0 Å². The Labute approximate surface area is 108 Å². The van der Waals surface area contributed by atoms with E-state index in [2.05, 4.69) is 35.9 Å². The summed E-state index contributed by atoms with van der Waals surface area (Å²) < 4.78 is 0. The Morgan fingerprint density at radius 3 is 2.72 bits per heavy atom. The van der Waals surface area contributed by atoms with Gasteiger partial charge in [-0.2, -0.15) is 0 Å². The lowest BCUT2D eigenvalue weighted by atomic mass is 9.81. The van der Waals surface area contributed by atoms with E-state index in [1.165, 1.54) is 36.8 Å². The van der Waals surface area contributed by atoms with Crippen molar-refractivity contribution in [3.63, 3.8) is 0 Å². The third-order valence-corrected chi connectivity index (χ3v) is 4.36. The highest BCUT2D eigenvalue weighted by atomic mass is 16.1. The molecule has 1 aromatic carbocycles. The number of nitrogens with one attached hydrogen (secondary N) is 2. The van der Waals surface area contributed by atoms with Crippen molar-refractivity contribution in [2.75, 3.05) is 12.4 Å². The zero-order valence-electron chi connectivity index (χ0n) is 10.8. The second-order valence-corrected chi connectivity index (χ2v) is 5.48. The van der Waals surface area contributed by atoms with Crippen molar-refractivity contribution < 1.29 is 4.79 Å². The molecule has 96 valence electrons. The van der Waals surface area contributed by atoms with Gasteiger partial charge in [0.2, 0.25) is 5.91 Å². The predicted octanol–water partition coefficient (Wildman–Crippen LogP) is 2.43. The molecule has 0 atom stereocenters. The Hall–Kier alpha value is -1.35. The number of rotatable bonds is 2. The van der Waals surface area contributed by atoms with Gasteiger partial charge in [-0.3, -0.25) is 4.79 Å². The first kappa shape index (κ1) is 11.7. The molecule has 0 spiro atoms. The summed E-state index contributed by atoms with van der Waals surface area (Å²) in [6, 6.07) is 7.19. The molecule has 1 amide bonds. The van der Waals surface area contributed by atoms with E-state index in [-0.39, 0.29) is 5.91 Å². The van der Waals surface area contributed by atoms with Gasteiger partial charge in [0.1, 0.15) is 0 Å². The van der Waals surface area contributed by atoms with Gasteiger partial charge < -0.3 is 10.6 Å². The third kappa shape index (κ3) is 2.15. The zero-order chi connectivity index (χ0) is 12.5. The van der Waals surface area contributed by atoms with E-state index < -0.39 is 0 Å². The van der Waals surface area contributed by atoms with E-state index in [4.69, 9.17) is 0 Å². The molecule has 3 rings (SSSR count). The summed E-state index contributed by atoms with van der Waals surface area (Å²) in [5.74, 6) is 0.802. The molecule has 0 radical (unpaired) electrons. The molecule has 2 N–H and O–H groups in total. The van der Waals surface area contributed by atoms with Gasteiger partial charge in [0.05, 0.1) is 6.42 Å². The minimum atomic E-state index is 0.126. The average Bonchev–Trinajstić information content (AvgIpc) is 2.78. The molecule has 1 aromatic rings. The van der Waals surface area contributed by atoms with Crippen molar-refractivity contribution in [2.45, 2.75) is 44.1 Å². The van der Waals surface area contributed by atoms with Crippen molar-refractivity contribution in [2.24, 2.45) is 0 Å². The number of fused-ring (bicyclic) bond motifs is 1. The fraction of sp³-hybridized carbons (Fsp3) is 0.533. The average molecular weight is 244 g/mol. The molecule has 0 unspecified atom stereocenters. The number of anilines is 1. The summed E-state index contributed by atoms with van der Waals surface area (Å²) in [6.07, 6.45) is 5.58. The second kappa shape index (κ2) is 4.73. The van der Waals surface area contributed by atoms with Crippen LogP contribution in [0.3, 0.4) is 0 Å². The molecule has 1 aliphatic heterocycles. The summed E-state index contributed by atoms with van der Waals surface area (Å²) in [4.78, 5) is 11.4. The van der Waals surface area contributed by atoms with Crippen LogP contribution in [0, 0.1) is 0 Å². The molecule has 0 bridgehead atoms. The van der Waals surface area contributed by atoms with Gasteiger partial charge in [-0.25, -0.2) is 0 Å². The van der Waals surface area contributed by atoms with E-state index in [0.29, 0.717) is 18.4 Å². The van der Waals surface area contributed by atoms with Gasteiger partial charge in [-0.1, -0.05) is 12.1 Å². The molecule has 1 saturated carbocycles. The van der Waals surface area contributed by atoms with Gasteiger partial charge in [-0.15, -0.1) is 0 Å². The number of carbonyl (C=O) groups is 1. The summed E-state index contributed by atoms with van der Waals surface area (Å²) in [5.41, 5.74) is 3.60. The fourth-order valence-electron chi connectivity index (χ4n) is 3.22. The minimum absolute atomic E-state index is 0.126. The molecule has 18 heavy (non-hydrogen) atoms. The maximum Gasteiger partial charge on any atom is 0.228 e. The molecule has 3 nitrogen and oxygen atoms in total. The highest BCUT2D eigenvalue weighted by Crippen LogP contribution is 2.35. The molecule has 2 aliphatic rings. The zero-order valence-corrected chi connectivity index (χ0v) is 10.8. The molecule has 1 fully saturated rings. The van der Waals surface area contributed by atoms with Gasteiger partial charge >= 0.3 is 0 Å².